The van der Waals surface area contributed by atoms with Crippen molar-refractivity contribution >= 4 is 5.69 Å². The monoisotopic (exact) mass is 200 g/mol. The van der Waals surface area contributed by atoms with Crippen molar-refractivity contribution in [2.75, 3.05) is 6.61 Å². The molecule has 1 rings (SSSR count). The summed E-state index contributed by atoms with van der Waals surface area (Å²) in [6.07, 6.45) is 1.59. The zero-order valence-corrected chi connectivity index (χ0v) is 7.92. The molecule has 0 spiro atoms. The first-order valence-corrected chi connectivity index (χ1v) is 4.14. The van der Waals surface area contributed by atoms with Gasteiger partial charge in [0.15, 0.2) is 0 Å². The summed E-state index contributed by atoms with van der Waals surface area (Å²) in [6.45, 7) is 3.83. The Kier molecular flexibility index (Phi) is 3.78. The summed E-state index contributed by atoms with van der Waals surface area (Å²) < 4.78 is 5.23. The molecule has 0 aliphatic carbocycles. The molecule has 5 heteroatoms. The van der Waals surface area contributed by atoms with E-state index in [0.29, 0.717) is 23.6 Å². The Balaban J connectivity index is 3.04. The van der Waals surface area contributed by atoms with Crippen LogP contribution >= 0.6 is 0 Å². The van der Waals surface area contributed by atoms with Gasteiger partial charge in [-0.25, -0.2) is 0 Å². The van der Waals surface area contributed by atoms with Crippen LogP contribution in [0, 0.1) is 11.3 Å². The molecule has 0 aromatic heterocycles. The highest BCUT2D eigenvalue weighted by atomic mass is 16.5. The number of ether oxygens (including phenoxy) is 1. The molecule has 0 saturated carbocycles. The Labute approximate surface area is 86.8 Å². The van der Waals surface area contributed by atoms with Crippen molar-refractivity contribution < 1.29 is 4.74 Å². The zero-order valence-electron chi connectivity index (χ0n) is 7.92. The molecule has 15 heavy (non-hydrogen) atoms. The average molecular weight is 200 g/mol. The van der Waals surface area contributed by atoms with E-state index in [1.807, 2.05) is 6.07 Å². The van der Waals surface area contributed by atoms with Crippen LogP contribution in [0.1, 0.15) is 5.56 Å². The normalized spacial score (nSPS) is 8.47. The predicted molar refractivity (Wildman–Crippen MR) is 55.7 cm³/mol. The van der Waals surface area contributed by atoms with Crippen LogP contribution in [-0.2, 0) is 0 Å². The van der Waals surface area contributed by atoms with Gasteiger partial charge in [0.1, 0.15) is 18.4 Å². The van der Waals surface area contributed by atoms with Gasteiger partial charge in [0.25, 0.3) is 0 Å². The standard InChI is InChI=1S/C10H8N4O/c1-2-5-15-10-4-3-9(13-14-12)6-8(10)7-11/h2-4,6H,1,5H2. The van der Waals surface area contributed by atoms with Gasteiger partial charge in [0.2, 0.25) is 0 Å². The van der Waals surface area contributed by atoms with Gasteiger partial charge in [0.05, 0.1) is 5.56 Å². The van der Waals surface area contributed by atoms with Crippen molar-refractivity contribution in [3.8, 4) is 11.8 Å². The highest BCUT2D eigenvalue weighted by Gasteiger charge is 2.02. The number of hydrogen-bond donors (Lipinski definition) is 0. The molecule has 0 aliphatic heterocycles. The lowest BCUT2D eigenvalue weighted by atomic mass is 10.2. The highest BCUT2D eigenvalue weighted by molar-refractivity contribution is 5.52. The molecule has 1 aromatic rings. The quantitative estimate of drug-likeness (QED) is 0.324. The van der Waals surface area contributed by atoms with Crippen LogP contribution in [-0.4, -0.2) is 6.61 Å². The summed E-state index contributed by atoms with van der Waals surface area (Å²) in [4.78, 5) is 2.63. The summed E-state index contributed by atoms with van der Waals surface area (Å²) in [5.74, 6) is 0.453. The minimum Gasteiger partial charge on any atom is -0.488 e. The van der Waals surface area contributed by atoms with Gasteiger partial charge in [-0.3, -0.25) is 0 Å². The minimum atomic E-state index is 0.329. The molecular formula is C10H8N4O. The Bertz CT molecular complexity index is 455. The van der Waals surface area contributed by atoms with Gasteiger partial charge in [-0.15, -0.1) is 0 Å². The topological polar surface area (TPSA) is 81.8 Å². The van der Waals surface area contributed by atoms with Crippen molar-refractivity contribution in [2.45, 2.75) is 0 Å². The number of rotatable bonds is 4. The Morgan fingerprint density at radius 2 is 2.47 bits per heavy atom. The Morgan fingerprint density at radius 3 is 3.07 bits per heavy atom. The second-order valence-corrected chi connectivity index (χ2v) is 2.58. The van der Waals surface area contributed by atoms with Gasteiger partial charge in [-0.1, -0.05) is 17.8 Å². The van der Waals surface area contributed by atoms with Crippen LogP contribution in [0.2, 0.25) is 0 Å². The fourth-order valence-corrected chi connectivity index (χ4v) is 0.994. The first kappa shape index (κ1) is 10.6. The minimum absolute atomic E-state index is 0.329. The molecule has 74 valence electrons. The van der Waals surface area contributed by atoms with E-state index in [4.69, 9.17) is 15.5 Å². The third-order valence-electron chi connectivity index (χ3n) is 1.60. The van der Waals surface area contributed by atoms with E-state index in [-0.39, 0.29) is 0 Å². The van der Waals surface area contributed by atoms with Crippen LogP contribution in [0.5, 0.6) is 5.75 Å². The van der Waals surface area contributed by atoms with Crippen LogP contribution in [0.15, 0.2) is 36.0 Å². The fraction of sp³-hybridized carbons (Fsp3) is 0.100. The first-order valence-electron chi connectivity index (χ1n) is 4.14. The summed E-state index contributed by atoms with van der Waals surface area (Å²) in [5.41, 5.74) is 8.95. The van der Waals surface area contributed by atoms with Crippen LogP contribution in [0.25, 0.3) is 10.4 Å². The van der Waals surface area contributed by atoms with E-state index in [1.54, 1.807) is 18.2 Å². The number of benzene rings is 1. The van der Waals surface area contributed by atoms with Gasteiger partial charge < -0.3 is 4.74 Å². The average Bonchev–Trinajstić information content (AvgIpc) is 2.27. The maximum atomic E-state index is 8.82. The van der Waals surface area contributed by atoms with Crippen molar-refractivity contribution in [3.05, 3.63) is 46.9 Å². The fourth-order valence-electron chi connectivity index (χ4n) is 0.994. The van der Waals surface area contributed by atoms with Gasteiger partial charge in [0, 0.05) is 10.6 Å². The molecule has 0 atom stereocenters. The molecule has 0 unspecified atom stereocenters. The smallest absolute Gasteiger partial charge is 0.137 e. The molecule has 0 aliphatic rings. The maximum Gasteiger partial charge on any atom is 0.137 e. The number of azide groups is 1. The number of nitrogens with zero attached hydrogens (tertiary/aromatic N) is 4. The van der Waals surface area contributed by atoms with E-state index in [2.05, 4.69) is 16.6 Å². The molecule has 0 bridgehead atoms. The van der Waals surface area contributed by atoms with Crippen molar-refractivity contribution in [3.63, 3.8) is 0 Å². The maximum absolute atomic E-state index is 8.82. The van der Waals surface area contributed by atoms with Crippen molar-refractivity contribution in [2.24, 2.45) is 5.11 Å². The van der Waals surface area contributed by atoms with E-state index in [1.165, 1.54) is 6.07 Å². The van der Waals surface area contributed by atoms with E-state index in [9.17, 15) is 0 Å². The molecular weight excluding hydrogens is 192 g/mol. The molecule has 0 N–H and O–H groups in total. The van der Waals surface area contributed by atoms with E-state index < -0.39 is 0 Å². The highest BCUT2D eigenvalue weighted by Crippen LogP contribution is 2.23. The lowest BCUT2D eigenvalue weighted by Crippen LogP contribution is -1.94. The Hall–Kier alpha value is -2.44. The third kappa shape index (κ3) is 2.76. The summed E-state index contributed by atoms with van der Waals surface area (Å²) in [7, 11) is 0. The molecule has 5 nitrogen and oxygen atoms in total. The zero-order chi connectivity index (χ0) is 11.1. The SMILES string of the molecule is C=CCOc1ccc(N=[N+]=[N-])cc1C#N. The molecule has 0 saturated heterocycles. The Morgan fingerprint density at radius 1 is 1.67 bits per heavy atom. The molecule has 0 fully saturated rings. The van der Waals surface area contributed by atoms with Gasteiger partial charge in [-0.2, -0.15) is 5.26 Å². The number of nitriles is 1. The molecule has 0 amide bonds. The third-order valence-corrected chi connectivity index (χ3v) is 1.60. The number of hydrogen-bond acceptors (Lipinski definition) is 3. The second-order valence-electron chi connectivity index (χ2n) is 2.58. The molecule has 1 aromatic carbocycles. The largest absolute Gasteiger partial charge is 0.488 e. The molecule has 0 radical (unpaired) electrons. The van der Waals surface area contributed by atoms with Crippen LogP contribution in [0.3, 0.4) is 0 Å². The van der Waals surface area contributed by atoms with E-state index >= 15 is 0 Å². The van der Waals surface area contributed by atoms with Gasteiger partial charge in [-0.05, 0) is 23.7 Å². The lowest BCUT2D eigenvalue weighted by molar-refractivity contribution is 0.362. The predicted octanol–water partition coefficient (Wildman–Crippen LogP) is 3.06. The summed E-state index contributed by atoms with van der Waals surface area (Å²) >= 11 is 0. The second kappa shape index (κ2) is 5.32. The lowest BCUT2D eigenvalue weighted by Gasteiger charge is -2.05. The van der Waals surface area contributed by atoms with Crippen LogP contribution in [0.4, 0.5) is 5.69 Å². The van der Waals surface area contributed by atoms with Crippen molar-refractivity contribution in [1.29, 1.82) is 5.26 Å². The van der Waals surface area contributed by atoms with Gasteiger partial charge >= 0.3 is 0 Å². The van der Waals surface area contributed by atoms with Crippen molar-refractivity contribution in [1.82, 2.24) is 0 Å². The van der Waals surface area contributed by atoms with E-state index in [0.717, 1.165) is 0 Å². The molecule has 0 heterocycles. The summed E-state index contributed by atoms with van der Waals surface area (Å²) in [5, 5.41) is 12.2. The van der Waals surface area contributed by atoms with Crippen LogP contribution < -0.4 is 4.74 Å². The first-order chi connectivity index (χ1) is 7.31. The summed E-state index contributed by atoms with van der Waals surface area (Å²) in [6, 6.07) is 6.60.